The molecule has 16 heavy (non-hydrogen) atoms. The fourth-order valence-electron chi connectivity index (χ4n) is 1.55. The van der Waals surface area contributed by atoms with Crippen molar-refractivity contribution in [3.8, 4) is 6.07 Å². The van der Waals surface area contributed by atoms with Gasteiger partial charge in [-0.05, 0) is 32.1 Å². The molecule has 0 amide bonds. The lowest BCUT2D eigenvalue weighted by atomic mass is 9.99. The first-order valence-corrected chi connectivity index (χ1v) is 8.97. The smallest absolute Gasteiger partial charge is 0.184 e. The summed E-state index contributed by atoms with van der Waals surface area (Å²) in [6, 6.07) is 12.3. The summed E-state index contributed by atoms with van der Waals surface area (Å²) in [7, 11) is -1.63. The Morgan fingerprint density at radius 3 is 2.19 bits per heavy atom. The van der Waals surface area contributed by atoms with Crippen LogP contribution in [0.2, 0.25) is 19.6 Å². The minimum absolute atomic E-state index is 0.0992. The zero-order chi connectivity index (χ0) is 12.2. The second kappa shape index (κ2) is 5.29. The molecule has 2 nitrogen and oxygen atoms in total. The molecule has 86 valence electrons. The monoisotopic (exact) mass is 233 g/mol. The van der Waals surface area contributed by atoms with E-state index >= 15 is 0 Å². The van der Waals surface area contributed by atoms with Crippen molar-refractivity contribution in [3.05, 3.63) is 35.9 Å². The van der Waals surface area contributed by atoms with Crippen molar-refractivity contribution in [3.63, 3.8) is 0 Å². The molecular weight excluding hydrogens is 214 g/mol. The molecule has 0 fully saturated rings. The van der Waals surface area contributed by atoms with Gasteiger partial charge in [-0.2, -0.15) is 5.26 Å². The SMILES string of the molecule is CC(C#N)C(O[Si](C)(C)C)c1ccccc1. The number of benzene rings is 1. The molecule has 0 bridgehead atoms. The van der Waals surface area contributed by atoms with E-state index in [9.17, 15) is 0 Å². The van der Waals surface area contributed by atoms with E-state index in [-0.39, 0.29) is 12.0 Å². The van der Waals surface area contributed by atoms with Crippen molar-refractivity contribution >= 4 is 8.32 Å². The summed E-state index contributed by atoms with van der Waals surface area (Å²) in [6.07, 6.45) is -0.0992. The van der Waals surface area contributed by atoms with Crippen LogP contribution >= 0.6 is 0 Å². The predicted molar refractivity (Wildman–Crippen MR) is 68.4 cm³/mol. The van der Waals surface area contributed by atoms with E-state index in [1.807, 2.05) is 37.3 Å². The van der Waals surface area contributed by atoms with Gasteiger partial charge in [-0.15, -0.1) is 0 Å². The molecule has 0 saturated heterocycles. The van der Waals surface area contributed by atoms with Crippen molar-refractivity contribution in [2.45, 2.75) is 32.7 Å². The van der Waals surface area contributed by atoms with Crippen molar-refractivity contribution in [1.82, 2.24) is 0 Å². The highest BCUT2D eigenvalue weighted by Gasteiger charge is 2.26. The highest BCUT2D eigenvalue weighted by atomic mass is 28.4. The maximum Gasteiger partial charge on any atom is 0.184 e. The van der Waals surface area contributed by atoms with Crippen LogP contribution in [0, 0.1) is 17.2 Å². The van der Waals surface area contributed by atoms with Crippen LogP contribution in [0.25, 0.3) is 0 Å². The summed E-state index contributed by atoms with van der Waals surface area (Å²) < 4.78 is 6.09. The topological polar surface area (TPSA) is 33.0 Å². The summed E-state index contributed by atoms with van der Waals surface area (Å²) in [5.74, 6) is -0.117. The molecule has 0 spiro atoms. The average Bonchev–Trinajstić information content (AvgIpc) is 2.25. The fraction of sp³-hybridized carbons (Fsp3) is 0.462. The van der Waals surface area contributed by atoms with Gasteiger partial charge in [-0.1, -0.05) is 30.3 Å². The number of nitriles is 1. The van der Waals surface area contributed by atoms with Gasteiger partial charge in [-0.3, -0.25) is 0 Å². The third kappa shape index (κ3) is 3.80. The van der Waals surface area contributed by atoms with Crippen LogP contribution in [-0.2, 0) is 4.43 Å². The second-order valence-electron chi connectivity index (χ2n) is 4.98. The van der Waals surface area contributed by atoms with Gasteiger partial charge in [0.2, 0.25) is 0 Å². The summed E-state index contributed by atoms with van der Waals surface area (Å²) in [4.78, 5) is 0. The molecule has 1 aromatic rings. The molecule has 0 aliphatic carbocycles. The van der Waals surface area contributed by atoms with Crippen LogP contribution in [0.4, 0.5) is 0 Å². The largest absolute Gasteiger partial charge is 0.409 e. The van der Waals surface area contributed by atoms with Crippen LogP contribution in [0.15, 0.2) is 30.3 Å². The van der Waals surface area contributed by atoms with Crippen molar-refractivity contribution in [2.75, 3.05) is 0 Å². The summed E-state index contributed by atoms with van der Waals surface area (Å²) in [5.41, 5.74) is 1.10. The molecule has 0 aliphatic rings. The van der Waals surface area contributed by atoms with E-state index in [0.717, 1.165) is 5.56 Å². The Labute approximate surface area is 99.0 Å². The van der Waals surface area contributed by atoms with E-state index in [2.05, 4.69) is 25.7 Å². The highest BCUT2D eigenvalue weighted by molar-refractivity contribution is 6.69. The van der Waals surface area contributed by atoms with Crippen LogP contribution in [0.5, 0.6) is 0 Å². The molecule has 1 rings (SSSR count). The molecule has 0 N–H and O–H groups in total. The van der Waals surface area contributed by atoms with Crippen LogP contribution in [0.3, 0.4) is 0 Å². The van der Waals surface area contributed by atoms with Crippen molar-refractivity contribution in [2.24, 2.45) is 5.92 Å². The van der Waals surface area contributed by atoms with Crippen LogP contribution < -0.4 is 0 Å². The molecule has 0 heterocycles. The molecule has 2 atom stereocenters. The summed E-state index contributed by atoms with van der Waals surface area (Å²) >= 11 is 0. The second-order valence-corrected chi connectivity index (χ2v) is 9.44. The Morgan fingerprint density at radius 1 is 1.19 bits per heavy atom. The number of hydrogen-bond acceptors (Lipinski definition) is 2. The maximum absolute atomic E-state index is 9.05. The van der Waals surface area contributed by atoms with Crippen LogP contribution in [0.1, 0.15) is 18.6 Å². The van der Waals surface area contributed by atoms with E-state index < -0.39 is 8.32 Å². The Balaban J connectivity index is 2.94. The van der Waals surface area contributed by atoms with E-state index in [1.165, 1.54) is 0 Å². The van der Waals surface area contributed by atoms with Gasteiger partial charge in [0.15, 0.2) is 8.32 Å². The molecule has 0 radical (unpaired) electrons. The van der Waals surface area contributed by atoms with Gasteiger partial charge in [0, 0.05) is 0 Å². The zero-order valence-corrected chi connectivity index (χ0v) is 11.4. The Bertz CT molecular complexity index is 364. The molecular formula is C13H19NOSi. The van der Waals surface area contributed by atoms with Crippen LogP contribution in [-0.4, -0.2) is 8.32 Å². The lowest BCUT2D eigenvalue weighted by molar-refractivity contribution is 0.162. The fourth-order valence-corrected chi connectivity index (χ4v) is 2.65. The quantitative estimate of drug-likeness (QED) is 0.742. The first kappa shape index (κ1) is 13.0. The number of nitrogens with zero attached hydrogens (tertiary/aromatic N) is 1. The average molecular weight is 233 g/mol. The van der Waals surface area contributed by atoms with Gasteiger partial charge >= 0.3 is 0 Å². The minimum atomic E-state index is -1.63. The molecule has 3 heteroatoms. The van der Waals surface area contributed by atoms with E-state index in [4.69, 9.17) is 9.69 Å². The zero-order valence-electron chi connectivity index (χ0n) is 10.4. The number of hydrogen-bond donors (Lipinski definition) is 0. The predicted octanol–water partition coefficient (Wildman–Crippen LogP) is 3.74. The molecule has 0 aromatic heterocycles. The van der Waals surface area contributed by atoms with Crippen molar-refractivity contribution < 1.29 is 4.43 Å². The van der Waals surface area contributed by atoms with Gasteiger partial charge in [0.05, 0.1) is 18.1 Å². The first-order valence-electron chi connectivity index (χ1n) is 5.56. The highest BCUT2D eigenvalue weighted by Crippen LogP contribution is 2.28. The Hall–Kier alpha value is -1.11. The van der Waals surface area contributed by atoms with E-state index in [1.54, 1.807) is 0 Å². The third-order valence-corrected chi connectivity index (χ3v) is 3.23. The Morgan fingerprint density at radius 2 is 1.75 bits per heavy atom. The Kier molecular flexibility index (Phi) is 4.28. The lowest BCUT2D eigenvalue weighted by Crippen LogP contribution is -2.30. The first-order chi connectivity index (χ1) is 7.44. The van der Waals surface area contributed by atoms with Gasteiger partial charge in [0.25, 0.3) is 0 Å². The molecule has 0 aliphatic heterocycles. The normalized spacial score (nSPS) is 15.2. The van der Waals surface area contributed by atoms with Crippen molar-refractivity contribution in [1.29, 1.82) is 5.26 Å². The van der Waals surface area contributed by atoms with Gasteiger partial charge < -0.3 is 4.43 Å². The standard InChI is InChI=1S/C13H19NOSi/c1-11(10-14)13(15-16(2,3)4)12-8-6-5-7-9-12/h5-9,11,13H,1-4H3. The van der Waals surface area contributed by atoms with E-state index in [0.29, 0.717) is 0 Å². The molecule has 2 unspecified atom stereocenters. The summed E-state index contributed by atoms with van der Waals surface area (Å²) in [6.45, 7) is 8.35. The van der Waals surface area contributed by atoms with Gasteiger partial charge in [0.1, 0.15) is 0 Å². The third-order valence-electron chi connectivity index (χ3n) is 2.27. The maximum atomic E-state index is 9.05. The lowest BCUT2D eigenvalue weighted by Gasteiger charge is -2.28. The van der Waals surface area contributed by atoms with Gasteiger partial charge in [-0.25, -0.2) is 0 Å². The molecule has 1 aromatic carbocycles. The molecule has 0 saturated carbocycles. The minimum Gasteiger partial charge on any atom is -0.409 e. The summed E-state index contributed by atoms with van der Waals surface area (Å²) in [5, 5.41) is 9.05. The number of rotatable bonds is 4.